The molecule has 1 saturated heterocycles. The van der Waals surface area contributed by atoms with Crippen molar-refractivity contribution in [2.45, 2.75) is 32.4 Å². The molecule has 4 N–H and O–H groups in total. The average Bonchev–Trinajstić information content (AvgIpc) is 2.78. The Morgan fingerprint density at radius 1 is 1.12 bits per heavy atom. The highest BCUT2D eigenvalue weighted by Gasteiger charge is 2.20. The highest BCUT2D eigenvalue weighted by atomic mass is 127. The zero-order valence-electron chi connectivity index (χ0n) is 18.5. The van der Waals surface area contributed by atoms with Gasteiger partial charge >= 0.3 is 0 Å². The van der Waals surface area contributed by atoms with Gasteiger partial charge in [-0.1, -0.05) is 6.07 Å². The Morgan fingerprint density at radius 2 is 1.82 bits per heavy atom. The number of aromatic hydroxyl groups is 1. The van der Waals surface area contributed by atoms with E-state index in [9.17, 15) is 18.7 Å². The van der Waals surface area contributed by atoms with Crippen molar-refractivity contribution < 1.29 is 18.7 Å². The first-order valence-electron chi connectivity index (χ1n) is 10.7. The number of likely N-dealkylation sites (tertiary alicyclic amines) is 1. The van der Waals surface area contributed by atoms with E-state index in [1.165, 1.54) is 18.2 Å². The molecule has 180 valence electrons. The third kappa shape index (κ3) is 8.77. The molecule has 33 heavy (non-hydrogen) atoms. The third-order valence-corrected chi connectivity index (χ3v) is 5.19. The number of phenols is 1. The molecular weight excluding hydrogens is 543 g/mol. The summed E-state index contributed by atoms with van der Waals surface area (Å²) in [7, 11) is 0. The van der Waals surface area contributed by atoms with E-state index in [2.05, 4.69) is 25.8 Å². The van der Waals surface area contributed by atoms with Crippen molar-refractivity contribution in [2.75, 3.05) is 31.5 Å². The standard InChI is InChI=1S/C23H29F2N5O2.HI/c1-2-26-23(27-14-22(32)28-17-4-6-19(31)7-5-17)29-18-9-11-30(12-10-18)15-16-3-8-20(24)21(25)13-16;/h3-8,13,18,31H,2,9-12,14-15H2,1H3,(H,28,32)(H2,26,27,29);1H. The molecule has 2 aromatic carbocycles. The average molecular weight is 573 g/mol. The molecule has 0 radical (unpaired) electrons. The zero-order valence-corrected chi connectivity index (χ0v) is 20.8. The normalized spacial score (nSPS) is 14.9. The smallest absolute Gasteiger partial charge is 0.246 e. The van der Waals surface area contributed by atoms with Gasteiger partial charge in [-0.3, -0.25) is 9.69 Å². The fraction of sp³-hybridized carbons (Fsp3) is 0.391. The number of halogens is 3. The summed E-state index contributed by atoms with van der Waals surface area (Å²) in [5, 5.41) is 18.6. The number of aliphatic imine (C=N–C) groups is 1. The number of piperidine rings is 1. The molecular formula is C23H30F2IN5O2. The van der Waals surface area contributed by atoms with Crippen LogP contribution in [0.1, 0.15) is 25.3 Å². The van der Waals surface area contributed by atoms with Crippen LogP contribution in [0, 0.1) is 11.6 Å². The van der Waals surface area contributed by atoms with Gasteiger partial charge in [0.05, 0.1) is 0 Å². The first-order valence-corrected chi connectivity index (χ1v) is 10.7. The maximum Gasteiger partial charge on any atom is 0.246 e. The summed E-state index contributed by atoms with van der Waals surface area (Å²) in [6, 6.07) is 10.5. The predicted molar refractivity (Wildman–Crippen MR) is 136 cm³/mol. The lowest BCUT2D eigenvalue weighted by Crippen LogP contribution is -2.48. The van der Waals surface area contributed by atoms with Gasteiger partial charge in [0.15, 0.2) is 17.6 Å². The molecule has 1 aliphatic rings. The Labute approximate surface area is 209 Å². The number of carbonyl (C=O) groups excluding carboxylic acids is 1. The molecule has 0 unspecified atom stereocenters. The fourth-order valence-corrected chi connectivity index (χ4v) is 3.54. The number of hydrogen-bond donors (Lipinski definition) is 4. The van der Waals surface area contributed by atoms with Crippen LogP contribution in [-0.4, -0.2) is 54.1 Å². The van der Waals surface area contributed by atoms with Crippen molar-refractivity contribution >= 4 is 41.5 Å². The van der Waals surface area contributed by atoms with E-state index in [0.29, 0.717) is 24.7 Å². The number of phenolic OH excluding ortho intramolecular Hbond substituents is 1. The van der Waals surface area contributed by atoms with Gasteiger partial charge < -0.3 is 21.1 Å². The molecule has 1 aliphatic heterocycles. The fourth-order valence-electron chi connectivity index (χ4n) is 3.54. The maximum absolute atomic E-state index is 13.4. The van der Waals surface area contributed by atoms with Crippen LogP contribution in [0.4, 0.5) is 14.5 Å². The van der Waals surface area contributed by atoms with E-state index in [4.69, 9.17) is 0 Å². The second kappa shape index (κ2) is 13.3. The second-order valence-electron chi connectivity index (χ2n) is 7.73. The number of anilines is 1. The van der Waals surface area contributed by atoms with E-state index in [-0.39, 0.29) is 48.2 Å². The van der Waals surface area contributed by atoms with Crippen LogP contribution in [0.15, 0.2) is 47.5 Å². The highest BCUT2D eigenvalue weighted by Crippen LogP contribution is 2.16. The largest absolute Gasteiger partial charge is 0.508 e. The van der Waals surface area contributed by atoms with Crippen LogP contribution in [0.2, 0.25) is 0 Å². The van der Waals surface area contributed by atoms with Crippen LogP contribution in [-0.2, 0) is 11.3 Å². The van der Waals surface area contributed by atoms with Gasteiger partial charge in [0.25, 0.3) is 0 Å². The summed E-state index contributed by atoms with van der Waals surface area (Å²) in [6.07, 6.45) is 1.74. The van der Waals surface area contributed by atoms with Gasteiger partial charge in [0.1, 0.15) is 12.3 Å². The molecule has 1 heterocycles. The highest BCUT2D eigenvalue weighted by molar-refractivity contribution is 14.0. The Kier molecular flexibility index (Phi) is 10.8. The molecule has 2 aromatic rings. The Morgan fingerprint density at radius 3 is 2.45 bits per heavy atom. The third-order valence-electron chi connectivity index (χ3n) is 5.19. The lowest BCUT2D eigenvalue weighted by molar-refractivity contribution is -0.114. The van der Waals surface area contributed by atoms with Gasteiger partial charge in [-0.2, -0.15) is 0 Å². The number of carbonyl (C=O) groups is 1. The van der Waals surface area contributed by atoms with E-state index in [1.807, 2.05) is 6.92 Å². The number of nitrogens with zero attached hydrogens (tertiary/aromatic N) is 2. The molecule has 0 aromatic heterocycles. The second-order valence-corrected chi connectivity index (χ2v) is 7.73. The molecule has 1 amide bonds. The molecule has 0 spiro atoms. The van der Waals surface area contributed by atoms with E-state index < -0.39 is 11.6 Å². The number of rotatable bonds is 7. The number of benzene rings is 2. The lowest BCUT2D eigenvalue weighted by atomic mass is 10.0. The zero-order chi connectivity index (χ0) is 22.9. The SMILES string of the molecule is CCNC(=NCC(=O)Nc1ccc(O)cc1)NC1CCN(Cc2ccc(F)c(F)c2)CC1.I. The first-order chi connectivity index (χ1) is 15.4. The summed E-state index contributed by atoms with van der Waals surface area (Å²) in [5.41, 5.74) is 1.35. The van der Waals surface area contributed by atoms with Crippen LogP contribution >= 0.6 is 24.0 Å². The van der Waals surface area contributed by atoms with Crippen molar-refractivity contribution in [3.8, 4) is 5.75 Å². The minimum absolute atomic E-state index is 0. The van der Waals surface area contributed by atoms with Crippen molar-refractivity contribution in [3.05, 3.63) is 59.7 Å². The molecule has 0 atom stereocenters. The molecule has 10 heteroatoms. The topological polar surface area (TPSA) is 89.0 Å². The summed E-state index contributed by atoms with van der Waals surface area (Å²) in [4.78, 5) is 18.7. The molecule has 0 aliphatic carbocycles. The van der Waals surface area contributed by atoms with Crippen LogP contribution < -0.4 is 16.0 Å². The van der Waals surface area contributed by atoms with Gasteiger partial charge in [-0.15, -0.1) is 24.0 Å². The van der Waals surface area contributed by atoms with Crippen molar-refractivity contribution in [1.29, 1.82) is 0 Å². The summed E-state index contributed by atoms with van der Waals surface area (Å²) >= 11 is 0. The molecule has 1 fully saturated rings. The Balaban J connectivity index is 0.00000385. The first kappa shape index (κ1) is 26.8. The van der Waals surface area contributed by atoms with Crippen LogP contribution in [0.3, 0.4) is 0 Å². The number of amides is 1. The van der Waals surface area contributed by atoms with Crippen LogP contribution in [0.5, 0.6) is 5.75 Å². The van der Waals surface area contributed by atoms with Crippen LogP contribution in [0.25, 0.3) is 0 Å². The van der Waals surface area contributed by atoms with E-state index in [1.54, 1.807) is 18.2 Å². The summed E-state index contributed by atoms with van der Waals surface area (Å²) in [6.45, 7) is 4.80. The number of hydrogen-bond acceptors (Lipinski definition) is 4. The molecule has 3 rings (SSSR count). The molecule has 0 bridgehead atoms. The Hall–Kier alpha value is -2.47. The van der Waals surface area contributed by atoms with Gasteiger partial charge in [-0.25, -0.2) is 13.8 Å². The van der Waals surface area contributed by atoms with E-state index >= 15 is 0 Å². The Bertz CT molecular complexity index is 935. The maximum atomic E-state index is 13.4. The number of guanidine groups is 1. The number of nitrogens with one attached hydrogen (secondary N) is 3. The molecule has 7 nitrogen and oxygen atoms in total. The minimum atomic E-state index is -0.830. The summed E-state index contributed by atoms with van der Waals surface area (Å²) in [5.74, 6) is -1.19. The van der Waals surface area contributed by atoms with Gasteiger partial charge in [0.2, 0.25) is 5.91 Å². The minimum Gasteiger partial charge on any atom is -0.508 e. The van der Waals surface area contributed by atoms with Gasteiger partial charge in [-0.05, 0) is 61.7 Å². The molecule has 0 saturated carbocycles. The van der Waals surface area contributed by atoms with Gasteiger partial charge in [0, 0.05) is 37.9 Å². The predicted octanol–water partition coefficient (Wildman–Crippen LogP) is 3.45. The van der Waals surface area contributed by atoms with Crippen molar-refractivity contribution in [1.82, 2.24) is 15.5 Å². The summed E-state index contributed by atoms with van der Waals surface area (Å²) < 4.78 is 26.5. The van der Waals surface area contributed by atoms with Crippen molar-refractivity contribution in [2.24, 2.45) is 4.99 Å². The monoisotopic (exact) mass is 573 g/mol. The quantitative estimate of drug-likeness (QED) is 0.177. The van der Waals surface area contributed by atoms with E-state index in [0.717, 1.165) is 37.6 Å². The lowest BCUT2D eigenvalue weighted by Gasteiger charge is -2.33. The van der Waals surface area contributed by atoms with Crippen molar-refractivity contribution in [3.63, 3.8) is 0 Å².